The van der Waals surface area contributed by atoms with Crippen LogP contribution in [-0.2, 0) is 4.79 Å². The smallest absolute Gasteiger partial charge is 0.263 e. The van der Waals surface area contributed by atoms with Gasteiger partial charge in [-0.3, -0.25) is 4.79 Å². The van der Waals surface area contributed by atoms with Crippen molar-refractivity contribution in [1.82, 2.24) is 4.90 Å². The zero-order valence-electron chi connectivity index (χ0n) is 13.0. The van der Waals surface area contributed by atoms with Crippen molar-refractivity contribution in [3.63, 3.8) is 0 Å². The lowest BCUT2D eigenvalue weighted by molar-refractivity contribution is -0.137. The van der Waals surface area contributed by atoms with E-state index >= 15 is 0 Å². The molecule has 21 heavy (non-hydrogen) atoms. The quantitative estimate of drug-likeness (QED) is 0.836. The summed E-state index contributed by atoms with van der Waals surface area (Å²) < 4.78 is 11.1. The Bertz CT molecular complexity index is 436. The highest BCUT2D eigenvalue weighted by Gasteiger charge is 2.22. The summed E-state index contributed by atoms with van der Waals surface area (Å²) in [5, 5.41) is 0. The molecule has 1 aromatic carbocycles. The molecule has 0 aromatic heterocycles. The maximum absolute atomic E-state index is 12.4. The Kier molecular flexibility index (Phi) is 5.90. The van der Waals surface area contributed by atoms with E-state index in [-0.39, 0.29) is 5.91 Å². The van der Waals surface area contributed by atoms with E-state index in [1.165, 1.54) is 12.8 Å². The normalized spacial score (nSPS) is 17.0. The van der Waals surface area contributed by atoms with Gasteiger partial charge in [-0.15, -0.1) is 0 Å². The van der Waals surface area contributed by atoms with Gasteiger partial charge in [0.1, 0.15) is 11.5 Å². The van der Waals surface area contributed by atoms with Crippen LogP contribution in [0.3, 0.4) is 0 Å². The van der Waals surface area contributed by atoms with Crippen molar-refractivity contribution in [2.45, 2.75) is 45.6 Å². The largest absolute Gasteiger partial charge is 0.494 e. The van der Waals surface area contributed by atoms with Crippen molar-refractivity contribution < 1.29 is 14.3 Å². The van der Waals surface area contributed by atoms with Crippen molar-refractivity contribution in [1.29, 1.82) is 0 Å². The number of ether oxygens (including phenoxy) is 2. The number of nitrogens with zero attached hydrogens (tertiary/aromatic N) is 1. The molecule has 1 atom stereocenters. The van der Waals surface area contributed by atoms with E-state index < -0.39 is 6.10 Å². The molecule has 1 aliphatic heterocycles. The summed E-state index contributed by atoms with van der Waals surface area (Å²) in [5.41, 5.74) is 0. The minimum atomic E-state index is -0.443. The molecule has 1 aliphatic rings. The molecule has 0 bridgehead atoms. The minimum absolute atomic E-state index is 0.0887. The predicted molar refractivity (Wildman–Crippen MR) is 82.7 cm³/mol. The third-order valence-corrected chi connectivity index (χ3v) is 3.71. The van der Waals surface area contributed by atoms with Gasteiger partial charge in [-0.1, -0.05) is 12.8 Å². The van der Waals surface area contributed by atoms with Gasteiger partial charge < -0.3 is 14.4 Å². The summed E-state index contributed by atoms with van der Waals surface area (Å²) in [6.45, 7) is 6.13. The van der Waals surface area contributed by atoms with Crippen LogP contribution in [0.1, 0.15) is 39.5 Å². The SMILES string of the molecule is CCOc1ccc(OC(C)C(=O)N2CCCCCC2)cc1. The summed E-state index contributed by atoms with van der Waals surface area (Å²) in [5.74, 6) is 1.61. The van der Waals surface area contributed by atoms with Crippen LogP contribution in [0.4, 0.5) is 0 Å². The molecule has 4 heteroatoms. The number of hydrogen-bond donors (Lipinski definition) is 0. The maximum atomic E-state index is 12.4. The number of likely N-dealkylation sites (tertiary alicyclic amines) is 1. The number of benzene rings is 1. The van der Waals surface area contributed by atoms with Gasteiger partial charge in [0.15, 0.2) is 6.10 Å². The first kappa shape index (κ1) is 15.7. The molecule has 0 saturated carbocycles. The van der Waals surface area contributed by atoms with E-state index in [4.69, 9.17) is 9.47 Å². The van der Waals surface area contributed by atoms with Crippen molar-refractivity contribution >= 4 is 5.91 Å². The number of amides is 1. The van der Waals surface area contributed by atoms with Crippen LogP contribution in [0.2, 0.25) is 0 Å². The van der Waals surface area contributed by atoms with Gasteiger partial charge in [-0.25, -0.2) is 0 Å². The van der Waals surface area contributed by atoms with Crippen LogP contribution in [0.5, 0.6) is 11.5 Å². The Morgan fingerprint density at radius 2 is 1.67 bits per heavy atom. The van der Waals surface area contributed by atoms with Gasteiger partial charge >= 0.3 is 0 Å². The molecule has 1 amide bonds. The number of carbonyl (C=O) groups is 1. The minimum Gasteiger partial charge on any atom is -0.494 e. The number of carbonyl (C=O) groups excluding carboxylic acids is 1. The van der Waals surface area contributed by atoms with Gasteiger partial charge in [-0.2, -0.15) is 0 Å². The highest BCUT2D eigenvalue weighted by Crippen LogP contribution is 2.19. The lowest BCUT2D eigenvalue weighted by atomic mass is 10.2. The Balaban J connectivity index is 1.90. The van der Waals surface area contributed by atoms with Crippen LogP contribution in [0.15, 0.2) is 24.3 Å². The van der Waals surface area contributed by atoms with E-state index in [0.29, 0.717) is 12.4 Å². The van der Waals surface area contributed by atoms with Gasteiger partial charge in [-0.05, 0) is 51.0 Å². The first-order chi connectivity index (χ1) is 10.2. The number of hydrogen-bond acceptors (Lipinski definition) is 3. The Labute approximate surface area is 127 Å². The van der Waals surface area contributed by atoms with Gasteiger partial charge in [0.2, 0.25) is 0 Å². The first-order valence-corrected chi connectivity index (χ1v) is 7.89. The van der Waals surface area contributed by atoms with E-state index in [1.807, 2.05) is 43.0 Å². The summed E-state index contributed by atoms with van der Waals surface area (Å²) in [6.07, 6.45) is 4.19. The molecule has 2 rings (SSSR count). The van der Waals surface area contributed by atoms with Crippen LogP contribution in [-0.4, -0.2) is 36.6 Å². The molecule has 116 valence electrons. The number of rotatable bonds is 5. The van der Waals surface area contributed by atoms with Gasteiger partial charge in [0.25, 0.3) is 5.91 Å². The molecule has 0 N–H and O–H groups in total. The fraction of sp³-hybridized carbons (Fsp3) is 0.588. The fourth-order valence-corrected chi connectivity index (χ4v) is 2.58. The average Bonchev–Trinajstić information content (AvgIpc) is 2.78. The fourth-order valence-electron chi connectivity index (χ4n) is 2.58. The molecule has 0 spiro atoms. The first-order valence-electron chi connectivity index (χ1n) is 7.89. The molecular formula is C17H25NO3. The molecule has 0 aliphatic carbocycles. The highest BCUT2D eigenvalue weighted by atomic mass is 16.5. The third kappa shape index (κ3) is 4.66. The van der Waals surface area contributed by atoms with Crippen LogP contribution in [0.25, 0.3) is 0 Å². The summed E-state index contributed by atoms with van der Waals surface area (Å²) >= 11 is 0. The lowest BCUT2D eigenvalue weighted by Crippen LogP contribution is -2.40. The predicted octanol–water partition coefficient (Wildman–Crippen LogP) is 3.26. The Morgan fingerprint density at radius 3 is 2.24 bits per heavy atom. The summed E-state index contributed by atoms with van der Waals surface area (Å²) in [6, 6.07) is 7.42. The van der Waals surface area contributed by atoms with E-state index in [0.717, 1.165) is 31.7 Å². The second-order valence-electron chi connectivity index (χ2n) is 5.40. The zero-order valence-corrected chi connectivity index (χ0v) is 13.0. The van der Waals surface area contributed by atoms with Crippen molar-refractivity contribution in [3.05, 3.63) is 24.3 Å². The second kappa shape index (κ2) is 7.91. The highest BCUT2D eigenvalue weighted by molar-refractivity contribution is 5.80. The van der Waals surface area contributed by atoms with Crippen molar-refractivity contribution in [2.24, 2.45) is 0 Å². The average molecular weight is 291 g/mol. The molecule has 0 radical (unpaired) electrons. The molecular weight excluding hydrogens is 266 g/mol. The third-order valence-electron chi connectivity index (χ3n) is 3.71. The van der Waals surface area contributed by atoms with Gasteiger partial charge in [0, 0.05) is 13.1 Å². The van der Waals surface area contributed by atoms with Crippen molar-refractivity contribution in [3.8, 4) is 11.5 Å². The molecule has 1 aromatic rings. The molecule has 1 fully saturated rings. The standard InChI is InChI=1S/C17H25NO3/c1-3-20-15-8-10-16(11-9-15)21-14(2)17(19)18-12-6-4-5-7-13-18/h8-11,14H,3-7,12-13H2,1-2H3. The molecule has 1 saturated heterocycles. The summed E-state index contributed by atoms with van der Waals surface area (Å²) in [4.78, 5) is 14.3. The van der Waals surface area contributed by atoms with Crippen molar-refractivity contribution in [2.75, 3.05) is 19.7 Å². The van der Waals surface area contributed by atoms with Gasteiger partial charge in [0.05, 0.1) is 6.61 Å². The molecule has 1 unspecified atom stereocenters. The van der Waals surface area contributed by atoms with Crippen LogP contribution >= 0.6 is 0 Å². The second-order valence-corrected chi connectivity index (χ2v) is 5.40. The molecule has 1 heterocycles. The zero-order chi connectivity index (χ0) is 15.1. The Morgan fingerprint density at radius 1 is 1.10 bits per heavy atom. The van der Waals surface area contributed by atoms with Crippen LogP contribution < -0.4 is 9.47 Å². The van der Waals surface area contributed by atoms with E-state index in [9.17, 15) is 4.79 Å². The monoisotopic (exact) mass is 291 g/mol. The van der Waals surface area contributed by atoms with E-state index in [1.54, 1.807) is 0 Å². The Hall–Kier alpha value is -1.71. The van der Waals surface area contributed by atoms with E-state index in [2.05, 4.69) is 0 Å². The van der Waals surface area contributed by atoms with Crippen LogP contribution in [0, 0.1) is 0 Å². The summed E-state index contributed by atoms with van der Waals surface area (Å²) in [7, 11) is 0. The topological polar surface area (TPSA) is 38.8 Å². The lowest BCUT2D eigenvalue weighted by Gasteiger charge is -2.24. The maximum Gasteiger partial charge on any atom is 0.263 e. The molecule has 4 nitrogen and oxygen atoms in total.